The number of nitrogens with zero attached hydrogens (tertiary/aromatic N) is 1. The van der Waals surface area contributed by atoms with Gasteiger partial charge >= 0.3 is 0 Å². The number of guanidine groups is 1. The fourth-order valence-electron chi connectivity index (χ4n) is 2.39. The van der Waals surface area contributed by atoms with Crippen molar-refractivity contribution < 1.29 is 4.74 Å². The lowest BCUT2D eigenvalue weighted by molar-refractivity contribution is 0.414. The number of ether oxygens (including phenoxy) is 1. The zero-order valence-corrected chi connectivity index (χ0v) is 14.0. The maximum absolute atomic E-state index is 5.94. The first-order valence-corrected chi connectivity index (χ1v) is 7.86. The first kappa shape index (κ1) is 16.9. The molecule has 0 bridgehead atoms. The molecule has 122 valence electrons. The second-order valence-electron chi connectivity index (χ2n) is 5.72. The van der Waals surface area contributed by atoms with Crippen LogP contribution < -0.4 is 15.8 Å². The third kappa shape index (κ3) is 5.33. The van der Waals surface area contributed by atoms with Crippen molar-refractivity contribution in [3.8, 4) is 5.75 Å². The van der Waals surface area contributed by atoms with E-state index in [1.807, 2.05) is 30.3 Å². The standard InChI is InChI=1S/C19H25N3O/c1-14-5-4-6-17(13-14)22-19(20)21-12-11-15(2)16-7-9-18(23-3)10-8-16/h4-10,13,15H,11-12H2,1-3H3,(H3,20,21,22). The summed E-state index contributed by atoms with van der Waals surface area (Å²) in [6, 6.07) is 16.2. The first-order valence-electron chi connectivity index (χ1n) is 7.86. The van der Waals surface area contributed by atoms with Crippen molar-refractivity contribution in [2.24, 2.45) is 10.7 Å². The quantitative estimate of drug-likeness (QED) is 0.628. The molecule has 0 amide bonds. The lowest BCUT2D eigenvalue weighted by Gasteiger charge is -2.11. The Morgan fingerprint density at radius 3 is 2.61 bits per heavy atom. The van der Waals surface area contributed by atoms with Crippen molar-refractivity contribution in [3.63, 3.8) is 0 Å². The Balaban J connectivity index is 1.84. The molecule has 0 saturated carbocycles. The molecule has 0 saturated heterocycles. The SMILES string of the molecule is COc1ccc(C(C)CCN=C(N)Nc2cccc(C)c2)cc1. The number of nitrogens with one attached hydrogen (secondary N) is 1. The van der Waals surface area contributed by atoms with E-state index in [9.17, 15) is 0 Å². The largest absolute Gasteiger partial charge is 0.497 e. The van der Waals surface area contributed by atoms with Crippen LogP contribution in [0.15, 0.2) is 53.5 Å². The number of aryl methyl sites for hydroxylation is 1. The highest BCUT2D eigenvalue weighted by Gasteiger charge is 2.05. The van der Waals surface area contributed by atoms with Crippen LogP contribution in [0.3, 0.4) is 0 Å². The topological polar surface area (TPSA) is 59.6 Å². The van der Waals surface area contributed by atoms with Gasteiger partial charge in [-0.3, -0.25) is 4.99 Å². The smallest absolute Gasteiger partial charge is 0.193 e. The fraction of sp³-hybridized carbons (Fsp3) is 0.316. The Bertz CT molecular complexity index is 650. The van der Waals surface area contributed by atoms with Crippen molar-refractivity contribution in [2.75, 3.05) is 19.0 Å². The minimum absolute atomic E-state index is 0.427. The summed E-state index contributed by atoms with van der Waals surface area (Å²) in [5, 5.41) is 3.12. The predicted octanol–water partition coefficient (Wildman–Crippen LogP) is 3.92. The summed E-state index contributed by atoms with van der Waals surface area (Å²) in [6.07, 6.45) is 0.947. The van der Waals surface area contributed by atoms with Crippen molar-refractivity contribution in [1.29, 1.82) is 0 Å². The first-order chi connectivity index (χ1) is 11.1. The number of anilines is 1. The van der Waals surface area contributed by atoms with Crippen molar-refractivity contribution in [3.05, 3.63) is 59.7 Å². The summed E-state index contributed by atoms with van der Waals surface area (Å²) in [5.74, 6) is 1.76. The Kier molecular flexibility index (Phi) is 6.03. The second kappa shape index (κ2) is 8.22. The molecule has 3 N–H and O–H groups in total. The average Bonchev–Trinajstić information content (AvgIpc) is 2.55. The number of methoxy groups -OCH3 is 1. The van der Waals surface area contributed by atoms with E-state index in [2.05, 4.69) is 42.4 Å². The van der Waals surface area contributed by atoms with Crippen LogP contribution in [0.5, 0.6) is 5.75 Å². The van der Waals surface area contributed by atoms with E-state index < -0.39 is 0 Å². The Labute approximate surface area is 138 Å². The van der Waals surface area contributed by atoms with E-state index in [4.69, 9.17) is 10.5 Å². The summed E-state index contributed by atoms with van der Waals surface area (Å²) >= 11 is 0. The van der Waals surface area contributed by atoms with E-state index in [1.165, 1.54) is 11.1 Å². The Morgan fingerprint density at radius 1 is 1.22 bits per heavy atom. The minimum Gasteiger partial charge on any atom is -0.497 e. The molecule has 4 heteroatoms. The number of rotatable bonds is 6. The van der Waals surface area contributed by atoms with Gasteiger partial charge in [0.15, 0.2) is 5.96 Å². The van der Waals surface area contributed by atoms with E-state index in [1.54, 1.807) is 7.11 Å². The second-order valence-corrected chi connectivity index (χ2v) is 5.72. The monoisotopic (exact) mass is 311 g/mol. The molecule has 1 unspecified atom stereocenters. The van der Waals surface area contributed by atoms with Gasteiger partial charge in [0, 0.05) is 12.2 Å². The summed E-state index contributed by atoms with van der Waals surface area (Å²) in [5.41, 5.74) is 9.38. The van der Waals surface area contributed by atoms with Gasteiger partial charge in [-0.1, -0.05) is 31.2 Å². The van der Waals surface area contributed by atoms with Gasteiger partial charge in [-0.15, -0.1) is 0 Å². The van der Waals surface area contributed by atoms with Crippen LogP contribution >= 0.6 is 0 Å². The van der Waals surface area contributed by atoms with Gasteiger partial charge in [0.1, 0.15) is 5.75 Å². The zero-order chi connectivity index (χ0) is 16.7. The number of hydrogen-bond acceptors (Lipinski definition) is 2. The normalized spacial score (nSPS) is 12.7. The molecule has 23 heavy (non-hydrogen) atoms. The predicted molar refractivity (Wildman–Crippen MR) is 97.3 cm³/mol. The van der Waals surface area contributed by atoms with Gasteiger partial charge in [-0.25, -0.2) is 0 Å². The lowest BCUT2D eigenvalue weighted by Crippen LogP contribution is -2.23. The van der Waals surface area contributed by atoms with Crippen molar-refractivity contribution >= 4 is 11.6 Å². The highest BCUT2D eigenvalue weighted by Crippen LogP contribution is 2.21. The van der Waals surface area contributed by atoms with E-state index in [0.717, 1.165) is 17.9 Å². The number of aliphatic imine (C=N–C) groups is 1. The summed E-state index contributed by atoms with van der Waals surface area (Å²) in [4.78, 5) is 4.41. The van der Waals surface area contributed by atoms with Gasteiger partial charge in [0.05, 0.1) is 7.11 Å². The number of nitrogens with two attached hydrogens (primary N) is 1. The van der Waals surface area contributed by atoms with Gasteiger partial charge in [-0.2, -0.15) is 0 Å². The molecule has 0 spiro atoms. The van der Waals surface area contributed by atoms with Crippen molar-refractivity contribution in [2.45, 2.75) is 26.2 Å². The zero-order valence-electron chi connectivity index (χ0n) is 14.0. The van der Waals surface area contributed by atoms with Gasteiger partial charge < -0.3 is 15.8 Å². The summed E-state index contributed by atoms with van der Waals surface area (Å²) in [6.45, 7) is 4.94. The molecular weight excluding hydrogens is 286 g/mol. The number of hydrogen-bond donors (Lipinski definition) is 2. The Hall–Kier alpha value is -2.49. The number of benzene rings is 2. The molecule has 0 fully saturated rings. The molecule has 2 rings (SSSR count). The third-order valence-corrected chi connectivity index (χ3v) is 3.82. The maximum Gasteiger partial charge on any atom is 0.193 e. The van der Waals surface area contributed by atoms with Crippen LogP contribution in [0.25, 0.3) is 0 Å². The van der Waals surface area contributed by atoms with E-state index in [0.29, 0.717) is 18.4 Å². The Morgan fingerprint density at radius 2 is 1.96 bits per heavy atom. The van der Waals surface area contributed by atoms with Crippen LogP contribution in [0, 0.1) is 6.92 Å². The van der Waals surface area contributed by atoms with E-state index in [-0.39, 0.29) is 0 Å². The molecule has 4 nitrogen and oxygen atoms in total. The van der Waals surface area contributed by atoms with E-state index >= 15 is 0 Å². The molecule has 0 aliphatic heterocycles. The highest BCUT2D eigenvalue weighted by molar-refractivity contribution is 5.92. The third-order valence-electron chi connectivity index (χ3n) is 3.82. The summed E-state index contributed by atoms with van der Waals surface area (Å²) < 4.78 is 5.18. The molecule has 0 aromatic heterocycles. The molecule has 0 aliphatic carbocycles. The molecule has 0 heterocycles. The summed E-state index contributed by atoms with van der Waals surface area (Å²) in [7, 11) is 1.68. The van der Waals surface area contributed by atoms with Gasteiger partial charge in [-0.05, 0) is 54.7 Å². The van der Waals surface area contributed by atoms with Gasteiger partial charge in [0.2, 0.25) is 0 Å². The fourth-order valence-corrected chi connectivity index (χ4v) is 2.39. The minimum atomic E-state index is 0.427. The molecule has 1 atom stereocenters. The average molecular weight is 311 g/mol. The van der Waals surface area contributed by atoms with Crippen LogP contribution in [0.2, 0.25) is 0 Å². The van der Waals surface area contributed by atoms with Crippen LogP contribution in [-0.4, -0.2) is 19.6 Å². The molecule has 0 aliphatic rings. The molecular formula is C19H25N3O. The van der Waals surface area contributed by atoms with Crippen LogP contribution in [-0.2, 0) is 0 Å². The molecule has 0 radical (unpaired) electrons. The lowest BCUT2D eigenvalue weighted by atomic mass is 9.98. The van der Waals surface area contributed by atoms with Crippen LogP contribution in [0.4, 0.5) is 5.69 Å². The van der Waals surface area contributed by atoms with Crippen molar-refractivity contribution in [1.82, 2.24) is 0 Å². The maximum atomic E-state index is 5.94. The molecule has 2 aromatic rings. The molecule has 2 aromatic carbocycles. The highest BCUT2D eigenvalue weighted by atomic mass is 16.5. The van der Waals surface area contributed by atoms with Crippen LogP contribution in [0.1, 0.15) is 30.4 Å². The van der Waals surface area contributed by atoms with Gasteiger partial charge in [0.25, 0.3) is 0 Å².